The maximum atomic E-state index is 8.96. The lowest BCUT2D eigenvalue weighted by Crippen LogP contribution is -2.29. The molecule has 0 radical (unpaired) electrons. The molecule has 0 unspecified atom stereocenters. The van der Waals surface area contributed by atoms with Crippen molar-refractivity contribution in [3.63, 3.8) is 0 Å². The number of aryl methyl sites for hydroxylation is 1. The van der Waals surface area contributed by atoms with Crippen molar-refractivity contribution in [2.45, 2.75) is 13.5 Å². The van der Waals surface area contributed by atoms with E-state index in [9.17, 15) is 0 Å². The summed E-state index contributed by atoms with van der Waals surface area (Å²) in [4.78, 5) is 0. The molecule has 4 nitrogen and oxygen atoms in total. The van der Waals surface area contributed by atoms with Gasteiger partial charge in [-0.3, -0.25) is 4.68 Å². The molecule has 0 saturated carbocycles. The monoisotopic (exact) mass is 252 g/mol. The molecule has 2 N–H and O–H groups in total. The first-order valence-electron chi connectivity index (χ1n) is 5.20. The summed E-state index contributed by atoms with van der Waals surface area (Å²) in [5.74, 6) is 0. The predicted octanol–water partition coefficient (Wildman–Crippen LogP) is 0.672. The third-order valence-corrected chi connectivity index (χ3v) is 2.47. The molecule has 0 atom stereocenters. The Labute approximate surface area is 106 Å². The van der Waals surface area contributed by atoms with Crippen molar-refractivity contribution in [2.75, 3.05) is 0 Å². The van der Waals surface area contributed by atoms with Crippen molar-refractivity contribution in [3.05, 3.63) is 36.5 Å². The summed E-state index contributed by atoms with van der Waals surface area (Å²) in [6.45, 7) is 2.87. The van der Waals surface area contributed by atoms with Gasteiger partial charge < -0.3 is 10.0 Å². The van der Waals surface area contributed by atoms with Crippen LogP contribution in [0, 0.1) is 0 Å². The van der Waals surface area contributed by atoms with Gasteiger partial charge in [0.05, 0.1) is 5.69 Å². The largest absolute Gasteiger partial charge is 0.488 e. The fourth-order valence-electron chi connectivity index (χ4n) is 1.52. The Hall–Kier alpha value is -1.30. The van der Waals surface area contributed by atoms with Gasteiger partial charge in [-0.25, -0.2) is 0 Å². The lowest BCUT2D eigenvalue weighted by molar-refractivity contribution is 0.426. The highest BCUT2D eigenvalue weighted by Gasteiger charge is 2.10. The van der Waals surface area contributed by atoms with Gasteiger partial charge in [-0.15, -0.1) is 12.4 Å². The van der Waals surface area contributed by atoms with Gasteiger partial charge in [0.25, 0.3) is 0 Å². The molecule has 0 bridgehead atoms. The first-order chi connectivity index (χ1) is 7.70. The van der Waals surface area contributed by atoms with Crippen molar-refractivity contribution < 1.29 is 10.0 Å². The van der Waals surface area contributed by atoms with Crippen molar-refractivity contribution in [1.82, 2.24) is 9.78 Å². The molecule has 0 saturated heterocycles. The molecule has 1 aromatic heterocycles. The number of hydrogen-bond acceptors (Lipinski definition) is 3. The van der Waals surface area contributed by atoms with Gasteiger partial charge >= 0.3 is 7.12 Å². The van der Waals surface area contributed by atoms with Crippen LogP contribution in [0.5, 0.6) is 0 Å². The molecule has 0 fully saturated rings. The first-order valence-corrected chi connectivity index (χ1v) is 5.20. The Kier molecular flexibility index (Phi) is 4.75. The highest BCUT2D eigenvalue weighted by atomic mass is 35.5. The molecule has 0 spiro atoms. The summed E-state index contributed by atoms with van der Waals surface area (Å²) in [6, 6.07) is 8.97. The van der Waals surface area contributed by atoms with Crippen LogP contribution in [0.15, 0.2) is 36.5 Å². The van der Waals surface area contributed by atoms with Gasteiger partial charge in [0, 0.05) is 18.3 Å². The highest BCUT2D eigenvalue weighted by Crippen LogP contribution is 2.15. The van der Waals surface area contributed by atoms with E-state index in [4.69, 9.17) is 10.0 Å². The van der Waals surface area contributed by atoms with Crippen LogP contribution in [0.2, 0.25) is 0 Å². The third-order valence-electron chi connectivity index (χ3n) is 2.47. The lowest BCUT2D eigenvalue weighted by Gasteiger charge is -2.00. The summed E-state index contributed by atoms with van der Waals surface area (Å²) >= 11 is 0. The molecule has 1 aromatic carbocycles. The van der Waals surface area contributed by atoms with E-state index in [1.165, 1.54) is 0 Å². The van der Waals surface area contributed by atoms with Crippen molar-refractivity contribution in [2.24, 2.45) is 0 Å². The Morgan fingerprint density at radius 3 is 2.29 bits per heavy atom. The Bertz CT molecular complexity index is 471. The zero-order chi connectivity index (χ0) is 11.5. The zero-order valence-electron chi connectivity index (χ0n) is 9.45. The quantitative estimate of drug-likeness (QED) is 0.790. The molecular weight excluding hydrogens is 238 g/mol. The highest BCUT2D eigenvalue weighted by molar-refractivity contribution is 6.58. The Balaban J connectivity index is 0.00000144. The maximum absolute atomic E-state index is 8.96. The van der Waals surface area contributed by atoms with Crippen molar-refractivity contribution in [3.8, 4) is 11.3 Å². The van der Waals surface area contributed by atoms with Crippen LogP contribution >= 0.6 is 12.4 Å². The number of hydrogen-bond donors (Lipinski definition) is 2. The average molecular weight is 253 g/mol. The second-order valence-electron chi connectivity index (χ2n) is 3.55. The minimum Gasteiger partial charge on any atom is -0.423 e. The van der Waals surface area contributed by atoms with Gasteiger partial charge in [-0.2, -0.15) is 5.10 Å². The smallest absolute Gasteiger partial charge is 0.423 e. The molecule has 0 aliphatic carbocycles. The molecular formula is C11H14BClN2O2. The molecule has 0 amide bonds. The lowest BCUT2D eigenvalue weighted by atomic mass is 9.80. The summed E-state index contributed by atoms with van der Waals surface area (Å²) in [5.41, 5.74) is 2.34. The topological polar surface area (TPSA) is 58.3 Å². The fourth-order valence-corrected chi connectivity index (χ4v) is 1.52. The number of nitrogens with zero attached hydrogens (tertiary/aromatic N) is 2. The van der Waals surface area contributed by atoms with Gasteiger partial charge in [0.2, 0.25) is 0 Å². The minimum absolute atomic E-state index is 0. The van der Waals surface area contributed by atoms with Gasteiger partial charge in [0.15, 0.2) is 0 Å². The standard InChI is InChI=1S/C11H13BN2O2.ClH/c1-2-14-8-7-11(13-14)9-3-5-10(6-4-9)12(15)16;/h3-8,15-16H,2H2,1H3;1H. The SMILES string of the molecule is CCn1ccc(-c2ccc(B(O)O)cc2)n1.Cl. The second kappa shape index (κ2) is 5.86. The van der Waals surface area contributed by atoms with Crippen LogP contribution in [-0.4, -0.2) is 26.9 Å². The summed E-state index contributed by atoms with van der Waals surface area (Å²) in [6.07, 6.45) is 1.92. The molecule has 0 aliphatic heterocycles. The average Bonchev–Trinajstić information content (AvgIpc) is 2.77. The van der Waals surface area contributed by atoms with E-state index >= 15 is 0 Å². The van der Waals surface area contributed by atoms with Gasteiger partial charge in [0.1, 0.15) is 0 Å². The number of benzene rings is 1. The number of aromatic nitrogens is 2. The molecule has 6 heteroatoms. The minimum atomic E-state index is -1.41. The van der Waals surface area contributed by atoms with Crippen LogP contribution in [-0.2, 0) is 6.54 Å². The van der Waals surface area contributed by atoms with E-state index in [1.807, 2.05) is 36.0 Å². The summed E-state index contributed by atoms with van der Waals surface area (Å²) < 4.78 is 1.85. The fraction of sp³-hybridized carbons (Fsp3) is 0.182. The van der Waals surface area contributed by atoms with E-state index < -0.39 is 7.12 Å². The van der Waals surface area contributed by atoms with Gasteiger partial charge in [-0.05, 0) is 18.5 Å². The van der Waals surface area contributed by atoms with E-state index in [1.54, 1.807) is 12.1 Å². The van der Waals surface area contributed by atoms with Crippen LogP contribution < -0.4 is 5.46 Å². The molecule has 90 valence electrons. The van der Waals surface area contributed by atoms with Crippen molar-refractivity contribution in [1.29, 1.82) is 0 Å². The zero-order valence-corrected chi connectivity index (χ0v) is 10.3. The van der Waals surface area contributed by atoms with Crippen LogP contribution in [0.25, 0.3) is 11.3 Å². The molecule has 1 heterocycles. The summed E-state index contributed by atoms with van der Waals surface area (Å²) in [7, 11) is -1.41. The Morgan fingerprint density at radius 1 is 1.18 bits per heavy atom. The number of rotatable bonds is 3. The number of halogens is 1. The Morgan fingerprint density at radius 2 is 1.82 bits per heavy atom. The molecule has 17 heavy (non-hydrogen) atoms. The molecule has 0 aliphatic rings. The maximum Gasteiger partial charge on any atom is 0.488 e. The van der Waals surface area contributed by atoms with Crippen LogP contribution in [0.1, 0.15) is 6.92 Å². The molecule has 2 rings (SSSR count). The third kappa shape index (κ3) is 3.09. The van der Waals surface area contributed by atoms with E-state index in [0.717, 1.165) is 17.8 Å². The van der Waals surface area contributed by atoms with E-state index in [2.05, 4.69) is 5.10 Å². The van der Waals surface area contributed by atoms with Crippen molar-refractivity contribution >= 4 is 25.0 Å². The normalized spacial score (nSPS) is 9.82. The van der Waals surface area contributed by atoms with E-state index in [0.29, 0.717) is 5.46 Å². The summed E-state index contributed by atoms with van der Waals surface area (Å²) in [5, 5.41) is 22.3. The predicted molar refractivity (Wildman–Crippen MR) is 70.4 cm³/mol. The second-order valence-corrected chi connectivity index (χ2v) is 3.55. The first kappa shape index (κ1) is 13.8. The van der Waals surface area contributed by atoms with Gasteiger partial charge in [-0.1, -0.05) is 24.3 Å². The molecule has 2 aromatic rings. The van der Waals surface area contributed by atoms with Crippen LogP contribution in [0.3, 0.4) is 0 Å². The van der Waals surface area contributed by atoms with Crippen LogP contribution in [0.4, 0.5) is 0 Å². The van der Waals surface area contributed by atoms with E-state index in [-0.39, 0.29) is 12.4 Å².